The lowest BCUT2D eigenvalue weighted by Gasteiger charge is -2.27. The highest BCUT2D eigenvalue weighted by atomic mass is 32.2. The van der Waals surface area contributed by atoms with E-state index < -0.39 is 208 Å². The van der Waals surface area contributed by atoms with Crippen molar-refractivity contribution in [3.8, 4) is 0 Å². The number of primary sulfonamides is 1. The van der Waals surface area contributed by atoms with Crippen LogP contribution in [-0.2, 0) is 90.2 Å². The van der Waals surface area contributed by atoms with Crippen LogP contribution in [0.2, 0.25) is 0 Å². The molecule has 0 radical (unpaired) electrons. The van der Waals surface area contributed by atoms with Gasteiger partial charge in [0.2, 0.25) is 90.2 Å². The summed E-state index contributed by atoms with van der Waals surface area (Å²) < 4.78 is 255. The molecule has 28 nitrogen and oxygen atoms in total. The van der Waals surface area contributed by atoms with E-state index in [1.165, 1.54) is 48.5 Å². The average molecular weight is 1320 g/mol. The fourth-order valence-corrected chi connectivity index (χ4v) is 22.9. The van der Waals surface area contributed by atoms with Gasteiger partial charge in [-0.2, -0.15) is 0 Å². The van der Waals surface area contributed by atoms with Gasteiger partial charge in [-0.3, -0.25) is 0 Å². The summed E-state index contributed by atoms with van der Waals surface area (Å²) in [6, 6.07) is -10.8. The van der Waals surface area contributed by atoms with Crippen molar-refractivity contribution in [2.75, 3.05) is 51.8 Å². The Balaban J connectivity index is 6.07. The summed E-state index contributed by atoms with van der Waals surface area (Å²) in [5.74, 6) is -9.30. The van der Waals surface area contributed by atoms with Gasteiger partial charge in [0.05, 0.1) is 51.8 Å². The summed E-state index contributed by atoms with van der Waals surface area (Å²) in [7, 11) is -39.1. The first-order chi connectivity index (χ1) is 35.1. The van der Waals surface area contributed by atoms with E-state index in [4.69, 9.17) is 10.9 Å². The third kappa shape index (κ3) is 37.3. The van der Waals surface area contributed by atoms with Crippen molar-refractivity contribution >= 4 is 90.2 Å². The maximum atomic E-state index is 13.7. The second-order valence-electron chi connectivity index (χ2n) is 23.3. The van der Waals surface area contributed by atoms with Gasteiger partial charge in [-0.05, 0) is 75.5 Å². The summed E-state index contributed by atoms with van der Waals surface area (Å²) in [5.41, 5.74) is 5.89. The molecular formula is C42H96N10O18S9. The van der Waals surface area contributed by atoms with Crippen LogP contribution in [0.1, 0.15) is 123 Å². The molecule has 0 aromatic carbocycles. The fraction of sp³-hybridized carbons (Fsp3) is 1.00. The quantitative estimate of drug-likeness (QED) is 0.0318. The maximum Gasteiger partial charge on any atom is 0.213 e. The number of nitrogens with two attached hydrogens (primary N) is 2. The van der Waals surface area contributed by atoms with Crippen LogP contribution in [0.5, 0.6) is 0 Å². The van der Waals surface area contributed by atoms with Gasteiger partial charge in [0, 0.05) is 54.4 Å². The Hall–Kier alpha value is -0.850. The molecule has 0 aromatic rings. The van der Waals surface area contributed by atoms with Crippen molar-refractivity contribution in [3.05, 3.63) is 0 Å². The summed E-state index contributed by atoms with van der Waals surface area (Å²) in [4.78, 5) is 0. The first-order valence-electron chi connectivity index (χ1n) is 25.9. The SMILES string of the molecule is CC(C)C[C@@H](CS(=O)(=O)N[C@H](CS(=O)(=O)N[C@@H](C)CS(=O)(=O)N[C@@H](CC(C)C)CS(=O)(=O)N[C@H](CS(=O)(=O)N[C@@H](C)CS(=O)(=O)N[C@@H](CC(C)C)CS(N)(=O)=O)C(C)C)C(C)C)NS(=O)(=O)C[C@H](C)NS(=O)(=O)C[C@@H](N)C(C)C. The van der Waals surface area contributed by atoms with E-state index in [0.29, 0.717) is 0 Å². The van der Waals surface area contributed by atoms with Crippen LogP contribution < -0.4 is 48.6 Å². The van der Waals surface area contributed by atoms with Crippen molar-refractivity contribution in [1.82, 2.24) is 37.8 Å². The van der Waals surface area contributed by atoms with E-state index in [2.05, 4.69) is 37.8 Å². The second kappa shape index (κ2) is 32.0. The standard InChI is InChI=1S/C42H96N10O18S9/c1-28(2)16-37(22-71(44,53)54)48-72(55,56)20-35(14)46-78(67,68)26-41(32(9)10)51-76(63,64)24-39(18-30(5)6)50-74(59,60)21-36(15)47-79(69,70)27-42(33(11)12)52-75(61,62)23-38(17-29(3)4)49-73(57,58)19-34(13)45-77(65,66)25-40(43)31(7)8/h28-42,45-52H,16-27,43H2,1-15H3,(H2,44,53,54)/t34-,35-,36-,37-,38-,39-,40+,41+,42+/m0/s1. The lowest BCUT2D eigenvalue weighted by molar-refractivity contribution is 0.454. The minimum Gasteiger partial charge on any atom is -0.326 e. The zero-order valence-corrected chi connectivity index (χ0v) is 55.7. The van der Waals surface area contributed by atoms with E-state index in [9.17, 15) is 75.8 Å². The van der Waals surface area contributed by atoms with Gasteiger partial charge in [0.1, 0.15) is 0 Å². The highest BCUT2D eigenvalue weighted by Gasteiger charge is 2.35. The number of nitrogens with one attached hydrogen (secondary N) is 8. The predicted molar refractivity (Wildman–Crippen MR) is 312 cm³/mol. The third-order valence-corrected chi connectivity index (χ3v) is 24.9. The predicted octanol–water partition coefficient (Wildman–Crippen LogP) is -1.93. The smallest absolute Gasteiger partial charge is 0.213 e. The van der Waals surface area contributed by atoms with E-state index in [0.717, 1.165) is 0 Å². The Bertz CT molecular complexity index is 2950. The molecule has 0 aromatic heterocycles. The van der Waals surface area contributed by atoms with Gasteiger partial charge in [0.15, 0.2) is 0 Å². The topological polar surface area (TPSA) is 456 Å². The number of sulfonamides is 9. The highest BCUT2D eigenvalue weighted by molar-refractivity contribution is 7.92. The van der Waals surface area contributed by atoms with Crippen molar-refractivity contribution in [2.45, 2.75) is 177 Å². The minimum absolute atomic E-state index is 0.0174. The van der Waals surface area contributed by atoms with E-state index >= 15 is 0 Å². The average Bonchev–Trinajstić information content (AvgIpc) is 3.12. The Morgan fingerprint density at radius 3 is 0.734 bits per heavy atom. The number of rotatable bonds is 43. The Kier molecular flexibility index (Phi) is 31.7. The Labute approximate surface area is 476 Å². The van der Waals surface area contributed by atoms with Crippen LogP contribution in [0.4, 0.5) is 0 Å². The molecule has 0 rings (SSSR count). The zero-order chi connectivity index (χ0) is 62.3. The molecule has 37 heteroatoms. The molecule has 0 unspecified atom stereocenters. The number of hydrogen-bond donors (Lipinski definition) is 10. The molecule has 0 amide bonds. The zero-order valence-electron chi connectivity index (χ0n) is 48.3. The molecule has 0 bridgehead atoms. The summed E-state index contributed by atoms with van der Waals surface area (Å²) in [6.07, 6.45) is 0.0795. The lowest BCUT2D eigenvalue weighted by Crippen LogP contribution is -2.52. The first kappa shape index (κ1) is 78.1. The van der Waals surface area contributed by atoms with Crippen molar-refractivity contribution < 1.29 is 75.8 Å². The van der Waals surface area contributed by atoms with E-state index in [-0.39, 0.29) is 42.9 Å². The molecule has 476 valence electrons. The van der Waals surface area contributed by atoms with Crippen LogP contribution in [0.3, 0.4) is 0 Å². The highest BCUT2D eigenvalue weighted by Crippen LogP contribution is 2.16. The molecule has 0 aliphatic carbocycles. The normalized spacial score (nSPS) is 17.8. The maximum absolute atomic E-state index is 13.7. The van der Waals surface area contributed by atoms with Crippen LogP contribution in [0.15, 0.2) is 0 Å². The molecule has 0 heterocycles. The third-order valence-electron chi connectivity index (χ3n) is 11.5. The summed E-state index contributed by atoms with van der Waals surface area (Å²) in [5, 5.41) is 5.13. The molecular weight excluding hydrogens is 1220 g/mol. The van der Waals surface area contributed by atoms with Crippen molar-refractivity contribution in [3.63, 3.8) is 0 Å². The second-order valence-corrected chi connectivity index (χ2v) is 39.4. The lowest BCUT2D eigenvalue weighted by atomic mass is 10.1. The molecule has 0 saturated heterocycles. The van der Waals surface area contributed by atoms with Gasteiger partial charge in [-0.1, -0.05) is 83.1 Å². The molecule has 79 heavy (non-hydrogen) atoms. The largest absolute Gasteiger partial charge is 0.326 e. The molecule has 0 aliphatic heterocycles. The Morgan fingerprint density at radius 1 is 0.278 bits per heavy atom. The molecule has 0 aliphatic rings. The van der Waals surface area contributed by atoms with Gasteiger partial charge < -0.3 is 5.73 Å². The fourth-order valence-electron chi connectivity index (χ4n) is 8.23. The minimum atomic E-state index is -4.51. The van der Waals surface area contributed by atoms with Gasteiger partial charge in [0.25, 0.3) is 0 Å². The van der Waals surface area contributed by atoms with Crippen LogP contribution >= 0.6 is 0 Å². The van der Waals surface area contributed by atoms with Gasteiger partial charge in [-0.15, -0.1) is 0 Å². The van der Waals surface area contributed by atoms with Gasteiger partial charge in [-0.25, -0.2) is 119 Å². The Morgan fingerprint density at radius 2 is 0.506 bits per heavy atom. The van der Waals surface area contributed by atoms with Crippen LogP contribution in [0, 0.1) is 35.5 Å². The van der Waals surface area contributed by atoms with Crippen molar-refractivity contribution in [1.29, 1.82) is 0 Å². The summed E-state index contributed by atoms with van der Waals surface area (Å²) in [6.45, 7) is 23.6. The van der Waals surface area contributed by atoms with E-state index in [1.807, 2.05) is 0 Å². The monoisotopic (exact) mass is 1320 g/mol. The van der Waals surface area contributed by atoms with Crippen LogP contribution in [0.25, 0.3) is 0 Å². The molecule has 12 N–H and O–H groups in total. The van der Waals surface area contributed by atoms with Gasteiger partial charge >= 0.3 is 0 Å². The number of hydrogen-bond acceptors (Lipinski definition) is 19. The molecule has 9 atom stereocenters. The van der Waals surface area contributed by atoms with E-state index in [1.54, 1.807) is 55.4 Å². The van der Waals surface area contributed by atoms with Crippen molar-refractivity contribution in [2.24, 2.45) is 46.4 Å². The van der Waals surface area contributed by atoms with Crippen LogP contribution in [-0.4, -0.2) is 182 Å². The summed E-state index contributed by atoms with van der Waals surface area (Å²) >= 11 is 0. The molecule has 0 saturated carbocycles. The molecule has 0 spiro atoms. The molecule has 0 fully saturated rings. The first-order valence-corrected chi connectivity index (χ1v) is 40.8.